The molecule has 1 saturated heterocycles. The molecule has 1 aliphatic heterocycles. The standard InChI is InChI=1S/C14H26N4O/c1-4-9-19-12-7-6-8-17(10-12)14-13(15)11(3)16-18(14)5-2/h12H,4-10,15H2,1-3H3. The lowest BCUT2D eigenvalue weighted by molar-refractivity contribution is 0.0438. The molecule has 0 spiro atoms. The first-order valence-electron chi connectivity index (χ1n) is 7.36. The third-order valence-corrected chi connectivity index (χ3v) is 3.68. The molecule has 0 amide bonds. The average molecular weight is 266 g/mol. The molecule has 5 heteroatoms. The zero-order valence-corrected chi connectivity index (χ0v) is 12.4. The topological polar surface area (TPSA) is 56.3 Å². The van der Waals surface area contributed by atoms with E-state index < -0.39 is 0 Å². The van der Waals surface area contributed by atoms with Crippen LogP contribution in [0.1, 0.15) is 38.8 Å². The van der Waals surface area contributed by atoms with Crippen LogP contribution in [0.25, 0.3) is 0 Å². The minimum Gasteiger partial charge on any atom is -0.394 e. The van der Waals surface area contributed by atoms with Crippen LogP contribution in [0.3, 0.4) is 0 Å². The van der Waals surface area contributed by atoms with Gasteiger partial charge in [-0.05, 0) is 33.1 Å². The number of hydrogen-bond donors (Lipinski definition) is 1. The second kappa shape index (κ2) is 6.28. The fraction of sp³-hybridized carbons (Fsp3) is 0.786. The Morgan fingerprint density at radius 3 is 2.89 bits per heavy atom. The van der Waals surface area contributed by atoms with Gasteiger partial charge in [0.15, 0.2) is 5.82 Å². The van der Waals surface area contributed by atoms with Crippen LogP contribution >= 0.6 is 0 Å². The second-order valence-corrected chi connectivity index (χ2v) is 5.22. The summed E-state index contributed by atoms with van der Waals surface area (Å²) in [6.07, 6.45) is 3.70. The number of nitrogens with two attached hydrogens (primary N) is 1. The van der Waals surface area contributed by atoms with Crippen molar-refractivity contribution in [1.29, 1.82) is 0 Å². The molecule has 1 aromatic rings. The van der Waals surface area contributed by atoms with E-state index in [9.17, 15) is 0 Å². The van der Waals surface area contributed by atoms with Crippen molar-refractivity contribution in [3.05, 3.63) is 5.69 Å². The minimum atomic E-state index is 0.327. The molecule has 1 aliphatic rings. The van der Waals surface area contributed by atoms with Gasteiger partial charge < -0.3 is 15.4 Å². The van der Waals surface area contributed by atoms with Crippen LogP contribution in [0.15, 0.2) is 0 Å². The zero-order valence-electron chi connectivity index (χ0n) is 12.4. The largest absolute Gasteiger partial charge is 0.394 e. The maximum absolute atomic E-state index is 6.19. The molecule has 2 rings (SSSR count). The van der Waals surface area contributed by atoms with Crippen molar-refractivity contribution in [3.8, 4) is 0 Å². The molecule has 1 atom stereocenters. The van der Waals surface area contributed by atoms with Gasteiger partial charge in [0.1, 0.15) is 0 Å². The number of hydrogen-bond acceptors (Lipinski definition) is 4. The SMILES string of the molecule is CCCOC1CCCN(c2c(N)c(C)nn2CC)C1. The molecule has 1 aromatic heterocycles. The van der Waals surface area contributed by atoms with Gasteiger partial charge in [-0.15, -0.1) is 0 Å². The maximum atomic E-state index is 6.19. The molecule has 19 heavy (non-hydrogen) atoms. The average Bonchev–Trinajstić information content (AvgIpc) is 2.72. The van der Waals surface area contributed by atoms with Crippen LogP contribution in [0.5, 0.6) is 0 Å². The van der Waals surface area contributed by atoms with Crippen molar-refractivity contribution in [3.63, 3.8) is 0 Å². The third kappa shape index (κ3) is 3.03. The summed E-state index contributed by atoms with van der Waals surface area (Å²) < 4.78 is 7.90. The molecule has 2 heterocycles. The molecule has 0 bridgehead atoms. The highest BCUT2D eigenvalue weighted by molar-refractivity contribution is 5.66. The first-order chi connectivity index (χ1) is 9.17. The van der Waals surface area contributed by atoms with Gasteiger partial charge in [-0.3, -0.25) is 0 Å². The lowest BCUT2D eigenvalue weighted by Gasteiger charge is -2.34. The number of anilines is 2. The van der Waals surface area contributed by atoms with E-state index in [2.05, 4.69) is 23.8 Å². The highest BCUT2D eigenvalue weighted by atomic mass is 16.5. The van der Waals surface area contributed by atoms with Crippen molar-refractivity contribution in [2.24, 2.45) is 0 Å². The molecule has 2 N–H and O–H groups in total. The van der Waals surface area contributed by atoms with E-state index in [1.807, 2.05) is 11.6 Å². The number of aromatic nitrogens is 2. The highest BCUT2D eigenvalue weighted by Crippen LogP contribution is 2.29. The fourth-order valence-electron chi connectivity index (χ4n) is 2.69. The predicted octanol–water partition coefficient (Wildman–Crippen LogP) is 2.19. The zero-order chi connectivity index (χ0) is 13.8. The molecule has 5 nitrogen and oxygen atoms in total. The van der Waals surface area contributed by atoms with Gasteiger partial charge in [0.2, 0.25) is 0 Å². The van der Waals surface area contributed by atoms with Crippen molar-refractivity contribution in [2.45, 2.75) is 52.7 Å². The Morgan fingerprint density at radius 1 is 1.42 bits per heavy atom. The van der Waals surface area contributed by atoms with Crippen LogP contribution in [0.2, 0.25) is 0 Å². The summed E-state index contributed by atoms with van der Waals surface area (Å²) >= 11 is 0. The highest BCUT2D eigenvalue weighted by Gasteiger charge is 2.25. The van der Waals surface area contributed by atoms with E-state index in [4.69, 9.17) is 10.5 Å². The summed E-state index contributed by atoms with van der Waals surface area (Å²) in [4.78, 5) is 2.34. The maximum Gasteiger partial charge on any atom is 0.150 e. The van der Waals surface area contributed by atoms with Crippen molar-refractivity contribution in [2.75, 3.05) is 30.3 Å². The number of nitrogen functional groups attached to an aromatic ring is 1. The molecular formula is C14H26N4O. The van der Waals surface area contributed by atoms with Crippen LogP contribution < -0.4 is 10.6 Å². The summed E-state index contributed by atoms with van der Waals surface area (Å²) in [6.45, 7) is 9.89. The van der Waals surface area contributed by atoms with Gasteiger partial charge in [-0.1, -0.05) is 6.92 Å². The molecule has 1 fully saturated rings. The summed E-state index contributed by atoms with van der Waals surface area (Å²) in [6, 6.07) is 0. The monoisotopic (exact) mass is 266 g/mol. The van der Waals surface area contributed by atoms with Gasteiger partial charge in [-0.25, -0.2) is 4.68 Å². The van der Waals surface area contributed by atoms with Crippen LogP contribution in [0, 0.1) is 6.92 Å². The summed E-state index contributed by atoms with van der Waals surface area (Å²) in [5.74, 6) is 1.07. The van der Waals surface area contributed by atoms with E-state index in [0.29, 0.717) is 6.10 Å². The Bertz CT molecular complexity index is 416. The number of ether oxygens (including phenoxy) is 1. The first kappa shape index (κ1) is 14.2. The van der Waals surface area contributed by atoms with Gasteiger partial charge in [0.25, 0.3) is 0 Å². The molecule has 108 valence electrons. The smallest absolute Gasteiger partial charge is 0.150 e. The molecule has 0 aromatic carbocycles. The fourth-order valence-corrected chi connectivity index (χ4v) is 2.69. The summed E-state index contributed by atoms with van der Waals surface area (Å²) in [5.41, 5.74) is 7.93. The van der Waals surface area contributed by atoms with Crippen LogP contribution in [-0.4, -0.2) is 35.6 Å². The Balaban J connectivity index is 2.12. The van der Waals surface area contributed by atoms with Crippen molar-refractivity contribution in [1.82, 2.24) is 9.78 Å². The molecule has 0 saturated carbocycles. The minimum absolute atomic E-state index is 0.327. The van der Waals surface area contributed by atoms with Crippen LogP contribution in [0.4, 0.5) is 11.5 Å². The molecule has 0 aliphatic carbocycles. The lowest BCUT2D eigenvalue weighted by Crippen LogP contribution is -2.41. The summed E-state index contributed by atoms with van der Waals surface area (Å²) in [5, 5.41) is 4.50. The Morgan fingerprint density at radius 2 is 2.21 bits per heavy atom. The van der Waals surface area contributed by atoms with Crippen molar-refractivity contribution < 1.29 is 4.74 Å². The van der Waals surface area contributed by atoms with Crippen molar-refractivity contribution >= 4 is 11.5 Å². The lowest BCUT2D eigenvalue weighted by atomic mass is 10.1. The van der Waals surface area contributed by atoms with Gasteiger partial charge >= 0.3 is 0 Å². The molecule has 0 radical (unpaired) electrons. The predicted molar refractivity (Wildman–Crippen MR) is 78.5 cm³/mol. The van der Waals surface area contributed by atoms with Gasteiger partial charge in [0, 0.05) is 26.2 Å². The first-order valence-corrected chi connectivity index (χ1v) is 7.36. The van der Waals surface area contributed by atoms with Gasteiger partial charge in [-0.2, -0.15) is 5.10 Å². The van der Waals surface area contributed by atoms with E-state index in [-0.39, 0.29) is 0 Å². The molecule has 1 unspecified atom stereocenters. The van der Waals surface area contributed by atoms with E-state index in [1.165, 1.54) is 0 Å². The third-order valence-electron chi connectivity index (χ3n) is 3.68. The Labute approximate surface area is 115 Å². The number of piperidine rings is 1. The van der Waals surface area contributed by atoms with Gasteiger partial charge in [0.05, 0.1) is 17.5 Å². The Hall–Kier alpha value is -1.23. The number of aryl methyl sites for hydroxylation is 2. The Kier molecular flexibility index (Phi) is 4.69. The number of rotatable bonds is 5. The summed E-state index contributed by atoms with van der Waals surface area (Å²) in [7, 11) is 0. The van der Waals surface area contributed by atoms with E-state index in [1.54, 1.807) is 0 Å². The normalized spacial score (nSPS) is 19.9. The number of nitrogens with zero attached hydrogens (tertiary/aromatic N) is 3. The quantitative estimate of drug-likeness (QED) is 0.887. The molecular weight excluding hydrogens is 240 g/mol. The van der Waals surface area contributed by atoms with E-state index >= 15 is 0 Å². The van der Waals surface area contributed by atoms with Crippen LogP contribution in [-0.2, 0) is 11.3 Å². The van der Waals surface area contributed by atoms with E-state index in [0.717, 1.165) is 62.7 Å². The second-order valence-electron chi connectivity index (χ2n) is 5.22.